The van der Waals surface area contributed by atoms with Crippen LogP contribution in [-0.4, -0.2) is 67.1 Å². The Morgan fingerprint density at radius 2 is 1.84 bits per heavy atom. The summed E-state index contributed by atoms with van der Waals surface area (Å²) in [5.74, 6) is 0.0394. The van der Waals surface area contributed by atoms with E-state index in [9.17, 15) is 14.7 Å². The van der Waals surface area contributed by atoms with Crippen LogP contribution in [0.1, 0.15) is 50.5 Å². The molecule has 0 bridgehead atoms. The van der Waals surface area contributed by atoms with Crippen LogP contribution < -0.4 is 19.5 Å². The molecule has 1 amide bonds. The molecule has 2 aromatic rings. The fourth-order valence-corrected chi connectivity index (χ4v) is 4.07. The number of ether oxygens (including phenoxy) is 5. The molecule has 1 aliphatic rings. The number of aromatic nitrogens is 1. The molecule has 37 heavy (non-hydrogen) atoms. The van der Waals surface area contributed by atoms with Crippen molar-refractivity contribution in [2.24, 2.45) is 5.92 Å². The predicted molar refractivity (Wildman–Crippen MR) is 135 cm³/mol. The third-order valence-electron chi connectivity index (χ3n) is 5.99. The van der Waals surface area contributed by atoms with Gasteiger partial charge in [0.1, 0.15) is 35.9 Å². The number of hydrogen-bond acceptors (Lipinski definition) is 9. The molecule has 0 radical (unpaired) electrons. The largest absolute Gasteiger partial charge is 0.503 e. The molecule has 0 spiro atoms. The van der Waals surface area contributed by atoms with Crippen LogP contribution in [0.5, 0.6) is 23.0 Å². The Labute approximate surface area is 217 Å². The minimum absolute atomic E-state index is 0.106. The summed E-state index contributed by atoms with van der Waals surface area (Å²) in [4.78, 5) is 29.9. The number of esters is 1. The van der Waals surface area contributed by atoms with E-state index in [0.717, 1.165) is 0 Å². The first-order chi connectivity index (χ1) is 17.7. The molecular formula is C27H36N2O8. The summed E-state index contributed by atoms with van der Waals surface area (Å²) < 4.78 is 28.5. The first-order valence-electron chi connectivity index (χ1n) is 12.4. The summed E-state index contributed by atoms with van der Waals surface area (Å²) >= 11 is 0. The number of carbonyl (C=O) groups excluding carboxylic acids is 2. The fourth-order valence-electron chi connectivity index (χ4n) is 4.07. The zero-order chi connectivity index (χ0) is 26.9. The third-order valence-corrected chi connectivity index (χ3v) is 5.99. The van der Waals surface area contributed by atoms with Gasteiger partial charge in [0.25, 0.3) is 5.91 Å². The Kier molecular flexibility index (Phi) is 9.96. The molecule has 1 saturated heterocycles. The summed E-state index contributed by atoms with van der Waals surface area (Å²) in [6.07, 6.45) is 1.20. The standard InChI is InChI=1S/C27H36N2O8/c1-16(2)15-35-25-17(3)36-27(32)20(29-26(31)23-24(30)21(34-5)13-14-28-23)7-6-8-22(25)37-19-11-9-18(33-4)10-12-19/h9-14,16-17,20,22,25,30H,6-8,15H2,1-5H3,(H,29,31)/t17-,20-,22-,25-/m0/s1. The lowest BCUT2D eigenvalue weighted by atomic mass is 10.0. The Hall–Kier alpha value is -3.53. The summed E-state index contributed by atoms with van der Waals surface area (Å²) in [6, 6.07) is 7.75. The van der Waals surface area contributed by atoms with Gasteiger partial charge in [-0.1, -0.05) is 13.8 Å². The highest BCUT2D eigenvalue weighted by Gasteiger charge is 2.36. The Morgan fingerprint density at radius 1 is 1.14 bits per heavy atom. The number of nitrogens with one attached hydrogen (secondary N) is 1. The molecular weight excluding hydrogens is 480 g/mol. The SMILES string of the molecule is COc1ccc(O[C@H]2CCC[C@H](NC(=O)c3nccc(OC)c3O)C(=O)O[C@@H](C)[C@@H]2OCC(C)C)cc1. The Morgan fingerprint density at radius 3 is 2.49 bits per heavy atom. The molecule has 2 heterocycles. The highest BCUT2D eigenvalue weighted by atomic mass is 16.6. The second kappa shape index (κ2) is 13.1. The van der Waals surface area contributed by atoms with E-state index in [0.29, 0.717) is 37.4 Å². The van der Waals surface area contributed by atoms with Crippen molar-refractivity contribution in [3.63, 3.8) is 0 Å². The van der Waals surface area contributed by atoms with Crippen LogP contribution >= 0.6 is 0 Å². The van der Waals surface area contributed by atoms with Gasteiger partial charge >= 0.3 is 5.97 Å². The van der Waals surface area contributed by atoms with Crippen molar-refractivity contribution in [3.05, 3.63) is 42.2 Å². The maximum atomic E-state index is 13.1. The van der Waals surface area contributed by atoms with Crippen molar-refractivity contribution in [1.29, 1.82) is 0 Å². The second-order valence-electron chi connectivity index (χ2n) is 9.33. The molecule has 4 atom stereocenters. The molecule has 2 N–H and O–H groups in total. The summed E-state index contributed by atoms with van der Waals surface area (Å²) in [7, 11) is 2.97. The van der Waals surface area contributed by atoms with Crippen molar-refractivity contribution >= 4 is 11.9 Å². The average Bonchev–Trinajstić information content (AvgIpc) is 2.92. The van der Waals surface area contributed by atoms with Crippen molar-refractivity contribution in [1.82, 2.24) is 10.3 Å². The first kappa shape index (κ1) is 28.0. The molecule has 0 saturated carbocycles. The first-order valence-corrected chi connectivity index (χ1v) is 12.4. The number of benzene rings is 1. The van der Waals surface area contributed by atoms with Crippen LogP contribution in [0.25, 0.3) is 0 Å². The lowest BCUT2D eigenvalue weighted by molar-refractivity contribution is -0.163. The van der Waals surface area contributed by atoms with Gasteiger partial charge < -0.3 is 34.1 Å². The van der Waals surface area contributed by atoms with Gasteiger partial charge in [-0.3, -0.25) is 4.79 Å². The number of nitrogens with zero attached hydrogens (tertiary/aromatic N) is 1. The van der Waals surface area contributed by atoms with Crippen molar-refractivity contribution in [3.8, 4) is 23.0 Å². The van der Waals surface area contributed by atoms with Crippen LogP contribution in [-0.2, 0) is 14.3 Å². The molecule has 1 aromatic carbocycles. The zero-order valence-electron chi connectivity index (χ0n) is 21.9. The van der Waals surface area contributed by atoms with Crippen LogP contribution in [0.15, 0.2) is 36.5 Å². The van der Waals surface area contributed by atoms with E-state index in [-0.39, 0.29) is 17.4 Å². The number of pyridine rings is 1. The van der Waals surface area contributed by atoms with E-state index < -0.39 is 42.0 Å². The van der Waals surface area contributed by atoms with Crippen LogP contribution in [0.2, 0.25) is 0 Å². The van der Waals surface area contributed by atoms with Gasteiger partial charge in [0.05, 0.1) is 14.2 Å². The summed E-state index contributed by atoms with van der Waals surface area (Å²) in [5.41, 5.74) is -0.237. The van der Waals surface area contributed by atoms with Crippen LogP contribution in [0, 0.1) is 5.92 Å². The van der Waals surface area contributed by atoms with E-state index in [2.05, 4.69) is 10.3 Å². The number of cyclic esters (lactones) is 1. The van der Waals surface area contributed by atoms with E-state index in [1.54, 1.807) is 14.0 Å². The third kappa shape index (κ3) is 7.48. The highest BCUT2D eigenvalue weighted by molar-refractivity contribution is 5.97. The van der Waals surface area contributed by atoms with Crippen molar-refractivity contribution in [2.75, 3.05) is 20.8 Å². The molecule has 10 heteroatoms. The highest BCUT2D eigenvalue weighted by Crippen LogP contribution is 2.29. The molecule has 0 aliphatic carbocycles. The molecule has 3 rings (SSSR count). The van der Waals surface area contributed by atoms with Crippen LogP contribution in [0.4, 0.5) is 0 Å². The van der Waals surface area contributed by atoms with Gasteiger partial charge in [0.2, 0.25) is 0 Å². The van der Waals surface area contributed by atoms with E-state index in [1.807, 2.05) is 38.1 Å². The van der Waals surface area contributed by atoms with Gasteiger partial charge in [-0.25, -0.2) is 9.78 Å². The summed E-state index contributed by atoms with van der Waals surface area (Å²) in [6.45, 7) is 6.31. The zero-order valence-corrected chi connectivity index (χ0v) is 21.9. The lowest BCUT2D eigenvalue weighted by Gasteiger charge is -2.32. The Balaban J connectivity index is 1.78. The molecule has 202 valence electrons. The maximum Gasteiger partial charge on any atom is 0.329 e. The fraction of sp³-hybridized carbons (Fsp3) is 0.519. The van der Waals surface area contributed by atoms with E-state index in [4.69, 9.17) is 23.7 Å². The molecule has 1 aliphatic heterocycles. The number of carbonyl (C=O) groups is 2. The van der Waals surface area contributed by atoms with E-state index in [1.165, 1.54) is 19.4 Å². The molecule has 0 unspecified atom stereocenters. The smallest absolute Gasteiger partial charge is 0.329 e. The molecule has 1 aromatic heterocycles. The van der Waals surface area contributed by atoms with Gasteiger partial charge in [-0.15, -0.1) is 0 Å². The minimum Gasteiger partial charge on any atom is -0.503 e. The van der Waals surface area contributed by atoms with Crippen molar-refractivity contribution < 1.29 is 38.4 Å². The predicted octanol–water partition coefficient (Wildman–Crippen LogP) is 3.51. The quantitative estimate of drug-likeness (QED) is 0.482. The lowest BCUT2D eigenvalue weighted by Crippen LogP contribution is -2.46. The monoisotopic (exact) mass is 516 g/mol. The van der Waals surface area contributed by atoms with Gasteiger partial charge in [0.15, 0.2) is 17.2 Å². The van der Waals surface area contributed by atoms with Crippen LogP contribution in [0.3, 0.4) is 0 Å². The number of amides is 1. The molecule has 10 nitrogen and oxygen atoms in total. The second-order valence-corrected chi connectivity index (χ2v) is 9.33. The number of rotatable bonds is 9. The average molecular weight is 517 g/mol. The number of hydrogen-bond donors (Lipinski definition) is 2. The van der Waals surface area contributed by atoms with Gasteiger partial charge in [-0.2, -0.15) is 0 Å². The van der Waals surface area contributed by atoms with Gasteiger partial charge in [0, 0.05) is 18.9 Å². The number of methoxy groups -OCH3 is 2. The van der Waals surface area contributed by atoms with Gasteiger partial charge in [-0.05, 0) is 56.4 Å². The maximum absolute atomic E-state index is 13.1. The topological polar surface area (TPSA) is 125 Å². The number of aromatic hydroxyl groups is 1. The molecule has 1 fully saturated rings. The van der Waals surface area contributed by atoms with E-state index >= 15 is 0 Å². The normalized spacial score (nSPS) is 22.3. The Bertz CT molecular complexity index is 1040. The summed E-state index contributed by atoms with van der Waals surface area (Å²) in [5, 5.41) is 12.9. The minimum atomic E-state index is -0.937. The van der Waals surface area contributed by atoms with Crippen molar-refractivity contribution in [2.45, 2.75) is 64.4 Å².